The summed E-state index contributed by atoms with van der Waals surface area (Å²) in [5, 5.41) is 13.8. The molecule has 0 heterocycles. The van der Waals surface area contributed by atoms with Crippen LogP contribution in [0.25, 0.3) is 11.1 Å². The molecule has 2 aliphatic rings. The van der Waals surface area contributed by atoms with Crippen molar-refractivity contribution in [3.8, 4) is 11.1 Å². The molecule has 2 amide bonds. The van der Waals surface area contributed by atoms with Crippen molar-refractivity contribution < 1.29 is 33.0 Å². The van der Waals surface area contributed by atoms with E-state index in [4.69, 9.17) is 9.84 Å². The third-order valence-corrected chi connectivity index (χ3v) is 6.37. The number of carbonyl (C=O) groups excluding carboxylic acids is 2. The molecule has 0 saturated heterocycles. The van der Waals surface area contributed by atoms with Crippen molar-refractivity contribution in [2.75, 3.05) is 13.2 Å². The Labute approximate surface area is 195 Å². The number of alkyl carbamates (subject to hydrolysis) is 1. The van der Waals surface area contributed by atoms with Crippen LogP contribution in [0.4, 0.5) is 13.6 Å². The molecule has 1 fully saturated rings. The Morgan fingerprint density at radius 3 is 2.12 bits per heavy atom. The summed E-state index contributed by atoms with van der Waals surface area (Å²) in [6.07, 6.45) is -0.882. The lowest BCUT2D eigenvalue weighted by Gasteiger charge is -2.25. The summed E-state index contributed by atoms with van der Waals surface area (Å²) >= 11 is 0. The van der Waals surface area contributed by atoms with Crippen LogP contribution in [0.2, 0.25) is 0 Å². The fourth-order valence-electron chi connectivity index (χ4n) is 4.62. The molecule has 7 nitrogen and oxygen atoms in total. The van der Waals surface area contributed by atoms with Gasteiger partial charge in [-0.3, -0.25) is 9.59 Å². The van der Waals surface area contributed by atoms with Crippen LogP contribution in [0.3, 0.4) is 0 Å². The quantitative estimate of drug-likeness (QED) is 0.543. The molecule has 9 heteroatoms. The number of rotatable bonds is 8. The summed E-state index contributed by atoms with van der Waals surface area (Å²) < 4.78 is 32.4. The number of amides is 2. The Hall–Kier alpha value is -3.49. The third kappa shape index (κ3) is 4.60. The standard InChI is InChI=1S/C25H26F2N2O5/c1-24(2,11-20(30)28-12-19-21(22(31)32)25(19,26)27)29-23(33)34-13-18-16-9-5-3-7-14(16)15-8-4-6-10-17(15)18/h3-10,18-19,21H,11-13H2,1-2H3,(H,28,30)(H,29,33)(H,31,32). The lowest BCUT2D eigenvalue weighted by molar-refractivity contribution is -0.141. The highest BCUT2D eigenvalue weighted by Gasteiger charge is 2.72. The van der Waals surface area contributed by atoms with Gasteiger partial charge in [-0.1, -0.05) is 48.5 Å². The molecule has 1 saturated carbocycles. The van der Waals surface area contributed by atoms with Crippen LogP contribution in [0, 0.1) is 11.8 Å². The lowest BCUT2D eigenvalue weighted by Crippen LogP contribution is -2.47. The number of aliphatic carboxylic acids is 1. The highest BCUT2D eigenvalue weighted by Crippen LogP contribution is 2.54. The van der Waals surface area contributed by atoms with Gasteiger partial charge in [0.15, 0.2) is 0 Å². The maximum absolute atomic E-state index is 13.5. The molecule has 2 aliphatic carbocycles. The minimum absolute atomic E-state index is 0.105. The van der Waals surface area contributed by atoms with Gasteiger partial charge in [-0.05, 0) is 36.1 Å². The molecule has 0 radical (unpaired) electrons. The minimum Gasteiger partial charge on any atom is -0.481 e. The van der Waals surface area contributed by atoms with E-state index in [1.165, 1.54) is 0 Å². The molecule has 0 bridgehead atoms. The molecule has 2 aromatic rings. The van der Waals surface area contributed by atoms with Crippen molar-refractivity contribution in [2.45, 2.75) is 37.6 Å². The number of hydrogen-bond donors (Lipinski definition) is 3. The van der Waals surface area contributed by atoms with E-state index in [2.05, 4.69) is 10.6 Å². The molecule has 3 N–H and O–H groups in total. The normalized spacial score (nSPS) is 20.1. The number of nitrogens with one attached hydrogen (secondary N) is 2. The van der Waals surface area contributed by atoms with Gasteiger partial charge >= 0.3 is 12.1 Å². The predicted octanol–water partition coefficient (Wildman–Crippen LogP) is 3.78. The number of carboxylic acid groups (broad SMARTS) is 1. The maximum Gasteiger partial charge on any atom is 0.407 e. The average molecular weight is 472 g/mol. The molecule has 0 aromatic heterocycles. The van der Waals surface area contributed by atoms with Gasteiger partial charge in [-0.15, -0.1) is 0 Å². The number of hydrogen-bond acceptors (Lipinski definition) is 4. The smallest absolute Gasteiger partial charge is 0.407 e. The molecule has 34 heavy (non-hydrogen) atoms. The number of halogens is 2. The molecule has 4 rings (SSSR count). The van der Waals surface area contributed by atoms with Crippen molar-refractivity contribution in [1.82, 2.24) is 10.6 Å². The van der Waals surface area contributed by atoms with E-state index in [1.807, 2.05) is 48.5 Å². The number of carboxylic acids is 1. The van der Waals surface area contributed by atoms with E-state index in [1.54, 1.807) is 13.8 Å². The fraction of sp³-hybridized carbons (Fsp3) is 0.400. The molecule has 0 aliphatic heterocycles. The van der Waals surface area contributed by atoms with Gasteiger partial charge in [-0.25, -0.2) is 13.6 Å². The minimum atomic E-state index is -3.33. The van der Waals surface area contributed by atoms with E-state index >= 15 is 0 Å². The number of alkyl halides is 2. The first-order valence-corrected chi connectivity index (χ1v) is 11.0. The number of ether oxygens (including phenoxy) is 1. The van der Waals surface area contributed by atoms with Gasteiger partial charge < -0.3 is 20.5 Å². The van der Waals surface area contributed by atoms with Crippen LogP contribution in [-0.4, -0.2) is 47.7 Å². The van der Waals surface area contributed by atoms with E-state index < -0.39 is 47.8 Å². The highest BCUT2D eigenvalue weighted by molar-refractivity contribution is 5.80. The molecule has 180 valence electrons. The Morgan fingerprint density at radius 1 is 1.03 bits per heavy atom. The number of carbonyl (C=O) groups is 3. The lowest BCUT2D eigenvalue weighted by atomic mass is 9.98. The summed E-state index contributed by atoms with van der Waals surface area (Å²) in [6.45, 7) is 2.90. The van der Waals surface area contributed by atoms with Crippen molar-refractivity contribution in [3.63, 3.8) is 0 Å². The van der Waals surface area contributed by atoms with Crippen LogP contribution in [-0.2, 0) is 14.3 Å². The van der Waals surface area contributed by atoms with Gasteiger partial charge in [0, 0.05) is 24.4 Å². The van der Waals surface area contributed by atoms with Gasteiger partial charge in [0.1, 0.15) is 12.5 Å². The van der Waals surface area contributed by atoms with Crippen molar-refractivity contribution >= 4 is 18.0 Å². The zero-order valence-electron chi connectivity index (χ0n) is 18.8. The van der Waals surface area contributed by atoms with Crippen LogP contribution in [0.5, 0.6) is 0 Å². The maximum atomic E-state index is 13.5. The second-order valence-electron chi connectivity index (χ2n) is 9.41. The van der Waals surface area contributed by atoms with Gasteiger partial charge in [0.25, 0.3) is 5.92 Å². The first kappa shape index (κ1) is 23.7. The second-order valence-corrected chi connectivity index (χ2v) is 9.41. The summed E-state index contributed by atoms with van der Waals surface area (Å²) in [6, 6.07) is 15.9. The Bertz CT molecular complexity index is 1090. The molecular weight excluding hydrogens is 446 g/mol. The topological polar surface area (TPSA) is 105 Å². The van der Waals surface area contributed by atoms with Crippen molar-refractivity contribution in [2.24, 2.45) is 11.8 Å². The molecular formula is C25H26F2N2O5. The van der Waals surface area contributed by atoms with E-state index in [0.29, 0.717) is 0 Å². The largest absolute Gasteiger partial charge is 0.481 e. The molecule has 2 atom stereocenters. The zero-order valence-corrected chi connectivity index (χ0v) is 18.8. The van der Waals surface area contributed by atoms with Crippen LogP contribution < -0.4 is 10.6 Å². The first-order valence-electron chi connectivity index (χ1n) is 11.0. The second kappa shape index (κ2) is 8.70. The van der Waals surface area contributed by atoms with Gasteiger partial charge in [0.05, 0.1) is 5.92 Å². The van der Waals surface area contributed by atoms with Crippen LogP contribution >= 0.6 is 0 Å². The van der Waals surface area contributed by atoms with Crippen molar-refractivity contribution in [1.29, 1.82) is 0 Å². The van der Waals surface area contributed by atoms with Crippen molar-refractivity contribution in [3.05, 3.63) is 59.7 Å². The predicted molar refractivity (Wildman–Crippen MR) is 119 cm³/mol. The van der Waals surface area contributed by atoms with Crippen LogP contribution in [0.1, 0.15) is 37.3 Å². The molecule has 2 unspecified atom stereocenters. The van der Waals surface area contributed by atoms with Gasteiger partial charge in [0.2, 0.25) is 5.91 Å². The van der Waals surface area contributed by atoms with E-state index in [-0.39, 0.29) is 18.9 Å². The molecule has 2 aromatic carbocycles. The monoisotopic (exact) mass is 472 g/mol. The highest BCUT2D eigenvalue weighted by atomic mass is 19.3. The zero-order chi connectivity index (χ0) is 24.7. The Kier molecular flexibility index (Phi) is 6.05. The Morgan fingerprint density at radius 2 is 1.59 bits per heavy atom. The number of benzene rings is 2. The summed E-state index contributed by atoms with van der Waals surface area (Å²) in [5.41, 5.74) is 3.36. The summed E-state index contributed by atoms with van der Waals surface area (Å²) in [4.78, 5) is 35.5. The number of fused-ring (bicyclic) bond motifs is 3. The average Bonchev–Trinajstić information content (AvgIpc) is 3.17. The van der Waals surface area contributed by atoms with E-state index in [0.717, 1.165) is 22.3 Å². The van der Waals surface area contributed by atoms with Crippen LogP contribution in [0.15, 0.2) is 48.5 Å². The summed E-state index contributed by atoms with van der Waals surface area (Å²) in [5.74, 6) is -8.79. The first-order chi connectivity index (χ1) is 16.0. The van der Waals surface area contributed by atoms with E-state index in [9.17, 15) is 23.2 Å². The third-order valence-electron chi connectivity index (χ3n) is 6.37. The molecule has 0 spiro atoms. The van der Waals surface area contributed by atoms with Gasteiger partial charge in [-0.2, -0.15) is 0 Å². The SMILES string of the molecule is CC(C)(CC(=O)NCC1C(C(=O)O)C1(F)F)NC(=O)OCC1c2ccccc2-c2ccccc21. The fourth-order valence-corrected chi connectivity index (χ4v) is 4.62. The Balaban J connectivity index is 1.28. The summed E-state index contributed by atoms with van der Waals surface area (Å²) in [7, 11) is 0.